The first-order chi connectivity index (χ1) is 14.6. The summed E-state index contributed by atoms with van der Waals surface area (Å²) in [6, 6.07) is 12.9. The molecule has 0 atom stereocenters. The molecule has 2 aliphatic rings. The normalized spacial score (nSPS) is 19.2. The van der Waals surface area contributed by atoms with Crippen molar-refractivity contribution in [3.8, 4) is 22.9 Å². The maximum Gasteiger partial charge on any atom is 0.248 e. The standard InChI is InChI=1S/C24H32N6O/c1-27-15-29(3,4)13-19-11-17(7-9-21(19)27)23-25-26-24(31-23)18-8-10-22-20(12-18)14-30(5,6)16-28(22)2/h7-12H,13-16H2,1-6H3/q+2. The van der Waals surface area contributed by atoms with E-state index >= 15 is 0 Å². The van der Waals surface area contributed by atoms with E-state index in [0.717, 1.165) is 46.5 Å². The summed E-state index contributed by atoms with van der Waals surface area (Å²) in [6.45, 7) is 3.97. The zero-order valence-electron chi connectivity index (χ0n) is 19.4. The van der Waals surface area contributed by atoms with Crippen molar-refractivity contribution < 1.29 is 13.4 Å². The van der Waals surface area contributed by atoms with Crippen LogP contribution in [0.2, 0.25) is 0 Å². The molecule has 0 fully saturated rings. The Morgan fingerprint density at radius 2 is 1.13 bits per heavy atom. The number of hydrogen-bond acceptors (Lipinski definition) is 5. The fourth-order valence-corrected chi connectivity index (χ4v) is 5.21. The quantitative estimate of drug-likeness (QED) is 0.595. The molecule has 0 radical (unpaired) electrons. The van der Waals surface area contributed by atoms with Crippen LogP contribution in [0.25, 0.3) is 22.9 Å². The van der Waals surface area contributed by atoms with Gasteiger partial charge in [0.25, 0.3) is 0 Å². The first-order valence-electron chi connectivity index (χ1n) is 10.8. The monoisotopic (exact) mass is 420 g/mol. The van der Waals surface area contributed by atoms with Crippen molar-refractivity contribution in [2.75, 3.05) is 65.4 Å². The van der Waals surface area contributed by atoms with E-state index in [9.17, 15) is 0 Å². The fourth-order valence-electron chi connectivity index (χ4n) is 5.21. The van der Waals surface area contributed by atoms with Crippen LogP contribution in [0.4, 0.5) is 11.4 Å². The molecule has 7 heteroatoms. The van der Waals surface area contributed by atoms with E-state index in [0.29, 0.717) is 11.8 Å². The molecule has 0 unspecified atom stereocenters. The molecule has 2 aliphatic heterocycles. The lowest BCUT2D eigenvalue weighted by Gasteiger charge is -2.40. The first kappa shape index (κ1) is 20.0. The molecular formula is C24H32N6O+2. The SMILES string of the molecule is CN1C[N+](C)(C)Cc2cc(-c3nnc(-c4ccc5c(c4)C[N+](C)(C)CN5C)o3)ccc21. The second kappa shape index (κ2) is 6.80. The number of benzene rings is 2. The van der Waals surface area contributed by atoms with E-state index in [2.05, 4.69) is 98.7 Å². The van der Waals surface area contributed by atoms with E-state index in [1.807, 2.05) is 0 Å². The van der Waals surface area contributed by atoms with Crippen LogP contribution < -0.4 is 9.80 Å². The molecule has 3 heterocycles. The number of aromatic nitrogens is 2. The summed E-state index contributed by atoms with van der Waals surface area (Å²) in [5.74, 6) is 1.14. The van der Waals surface area contributed by atoms with Gasteiger partial charge in [-0.1, -0.05) is 0 Å². The zero-order valence-corrected chi connectivity index (χ0v) is 19.4. The summed E-state index contributed by atoms with van der Waals surface area (Å²) < 4.78 is 8.00. The lowest BCUT2D eigenvalue weighted by atomic mass is 10.0. The number of rotatable bonds is 2. The van der Waals surface area contributed by atoms with Crippen molar-refractivity contribution in [1.29, 1.82) is 0 Å². The molecule has 0 aliphatic carbocycles. The highest BCUT2D eigenvalue weighted by Crippen LogP contribution is 2.35. The molecule has 0 N–H and O–H groups in total. The lowest BCUT2D eigenvalue weighted by molar-refractivity contribution is -0.904. The van der Waals surface area contributed by atoms with Crippen LogP contribution in [0.15, 0.2) is 40.8 Å². The second-order valence-corrected chi connectivity index (χ2v) is 10.5. The summed E-state index contributed by atoms with van der Waals surface area (Å²) in [6.07, 6.45) is 0. The third kappa shape index (κ3) is 3.68. The predicted octanol–water partition coefficient (Wildman–Crippen LogP) is 3.37. The van der Waals surface area contributed by atoms with E-state index in [4.69, 9.17) is 4.42 Å². The Hall–Kier alpha value is -2.90. The Bertz CT molecular complexity index is 1060. The Labute approximate surface area is 184 Å². The molecule has 31 heavy (non-hydrogen) atoms. The van der Waals surface area contributed by atoms with Gasteiger partial charge in [-0.3, -0.25) is 0 Å². The average molecular weight is 421 g/mol. The Morgan fingerprint density at radius 1 is 0.710 bits per heavy atom. The summed E-state index contributed by atoms with van der Waals surface area (Å²) in [5, 5.41) is 8.75. The Morgan fingerprint density at radius 3 is 1.55 bits per heavy atom. The van der Waals surface area contributed by atoms with Crippen LogP contribution in [-0.2, 0) is 13.1 Å². The maximum absolute atomic E-state index is 6.14. The molecule has 3 aromatic rings. The number of fused-ring (bicyclic) bond motifs is 2. The molecule has 0 bridgehead atoms. The minimum atomic E-state index is 0.572. The molecule has 7 nitrogen and oxygen atoms in total. The van der Waals surface area contributed by atoms with Crippen molar-refractivity contribution in [2.45, 2.75) is 13.1 Å². The third-order valence-corrected chi connectivity index (χ3v) is 6.29. The summed E-state index contributed by atoms with van der Waals surface area (Å²) in [5.41, 5.74) is 7.13. The zero-order chi connectivity index (χ0) is 22.0. The average Bonchev–Trinajstić information content (AvgIpc) is 3.15. The van der Waals surface area contributed by atoms with E-state index in [1.54, 1.807) is 0 Å². The van der Waals surface area contributed by atoms with Gasteiger partial charge < -0.3 is 23.2 Å². The van der Waals surface area contributed by atoms with Crippen LogP contribution in [0.1, 0.15) is 11.1 Å². The minimum Gasteiger partial charge on any atom is -0.416 e. The topological polar surface area (TPSA) is 45.4 Å². The van der Waals surface area contributed by atoms with Gasteiger partial charge in [-0.25, -0.2) is 0 Å². The van der Waals surface area contributed by atoms with Gasteiger partial charge >= 0.3 is 0 Å². The molecule has 0 saturated carbocycles. The highest BCUT2D eigenvalue weighted by molar-refractivity contribution is 5.67. The minimum absolute atomic E-state index is 0.572. The van der Waals surface area contributed by atoms with Gasteiger partial charge in [-0.05, 0) is 36.4 Å². The highest BCUT2D eigenvalue weighted by Gasteiger charge is 2.29. The highest BCUT2D eigenvalue weighted by atomic mass is 16.4. The summed E-state index contributed by atoms with van der Waals surface area (Å²) in [7, 11) is 13.3. The molecule has 0 amide bonds. The van der Waals surface area contributed by atoms with Crippen LogP contribution in [0.5, 0.6) is 0 Å². The molecular weight excluding hydrogens is 388 g/mol. The first-order valence-corrected chi connectivity index (χ1v) is 10.8. The smallest absolute Gasteiger partial charge is 0.248 e. The molecule has 0 saturated heterocycles. The van der Waals surface area contributed by atoms with Crippen molar-refractivity contribution in [3.05, 3.63) is 47.5 Å². The third-order valence-electron chi connectivity index (χ3n) is 6.29. The van der Waals surface area contributed by atoms with Crippen LogP contribution >= 0.6 is 0 Å². The van der Waals surface area contributed by atoms with Crippen LogP contribution in [0.3, 0.4) is 0 Å². The number of quaternary nitrogens is 2. The van der Waals surface area contributed by atoms with Gasteiger partial charge in [0.2, 0.25) is 11.8 Å². The van der Waals surface area contributed by atoms with E-state index < -0.39 is 0 Å². The number of hydrogen-bond donors (Lipinski definition) is 0. The van der Waals surface area contributed by atoms with Gasteiger partial charge in [0.05, 0.1) is 28.2 Å². The summed E-state index contributed by atoms with van der Waals surface area (Å²) in [4.78, 5) is 4.62. The van der Waals surface area contributed by atoms with Gasteiger partial charge in [0.15, 0.2) is 13.3 Å². The van der Waals surface area contributed by atoms with E-state index in [1.165, 1.54) is 22.5 Å². The number of nitrogens with zero attached hydrogens (tertiary/aromatic N) is 6. The molecule has 2 aromatic carbocycles. The largest absolute Gasteiger partial charge is 0.416 e. The van der Waals surface area contributed by atoms with E-state index in [-0.39, 0.29) is 0 Å². The van der Waals surface area contributed by atoms with Crippen molar-refractivity contribution in [2.24, 2.45) is 0 Å². The van der Waals surface area contributed by atoms with Crippen LogP contribution in [0, 0.1) is 0 Å². The Kier molecular flexibility index (Phi) is 4.39. The van der Waals surface area contributed by atoms with Gasteiger partial charge in [-0.2, -0.15) is 0 Å². The van der Waals surface area contributed by atoms with Crippen molar-refractivity contribution in [3.63, 3.8) is 0 Å². The second-order valence-electron chi connectivity index (χ2n) is 10.5. The molecule has 5 rings (SSSR count). The van der Waals surface area contributed by atoms with Crippen LogP contribution in [-0.4, -0.2) is 74.8 Å². The van der Waals surface area contributed by atoms with Gasteiger partial charge in [0.1, 0.15) is 13.1 Å². The van der Waals surface area contributed by atoms with Crippen molar-refractivity contribution >= 4 is 11.4 Å². The van der Waals surface area contributed by atoms with Gasteiger partial charge in [-0.15, -0.1) is 10.2 Å². The predicted molar refractivity (Wildman–Crippen MR) is 123 cm³/mol. The number of anilines is 2. The lowest BCUT2D eigenvalue weighted by Crippen LogP contribution is -2.50. The fraction of sp³-hybridized carbons (Fsp3) is 0.417. The molecule has 0 spiro atoms. The summed E-state index contributed by atoms with van der Waals surface area (Å²) >= 11 is 0. The van der Waals surface area contributed by atoms with Crippen molar-refractivity contribution in [1.82, 2.24) is 10.2 Å². The Balaban J connectivity index is 1.47. The molecule has 1 aromatic heterocycles. The van der Waals surface area contributed by atoms with Gasteiger partial charge in [0, 0.05) is 47.7 Å². The maximum atomic E-state index is 6.14. The molecule has 162 valence electrons.